The highest BCUT2D eigenvalue weighted by Crippen LogP contribution is 2.32. The Morgan fingerprint density at radius 2 is 2.21 bits per heavy atom. The van der Waals surface area contributed by atoms with E-state index in [4.69, 9.17) is 5.14 Å². The van der Waals surface area contributed by atoms with Crippen LogP contribution < -0.4 is 5.14 Å². The molecule has 1 aliphatic heterocycles. The van der Waals surface area contributed by atoms with Crippen LogP contribution in [0.1, 0.15) is 40.4 Å². The maximum atomic E-state index is 12.9. The van der Waals surface area contributed by atoms with Crippen molar-refractivity contribution in [3.8, 4) is 0 Å². The van der Waals surface area contributed by atoms with E-state index in [-0.39, 0.29) is 17.7 Å². The average molecular weight is 348 g/mol. The Morgan fingerprint density at radius 1 is 1.42 bits per heavy atom. The summed E-state index contributed by atoms with van der Waals surface area (Å²) < 4.78 is 24.2. The number of primary sulfonamides is 1. The fraction of sp³-hybridized carbons (Fsp3) is 0.375. The van der Waals surface area contributed by atoms with E-state index < -0.39 is 10.0 Å². The van der Waals surface area contributed by atoms with Crippen LogP contribution in [0.15, 0.2) is 36.7 Å². The molecule has 1 aliphatic rings. The van der Waals surface area contributed by atoms with Crippen LogP contribution in [0.3, 0.4) is 0 Å². The van der Waals surface area contributed by atoms with Gasteiger partial charge in [-0.15, -0.1) is 0 Å². The molecule has 2 N–H and O–H groups in total. The Hall–Kier alpha value is -2.19. The first-order chi connectivity index (χ1) is 11.3. The lowest BCUT2D eigenvalue weighted by Gasteiger charge is -2.24. The first kappa shape index (κ1) is 16.7. The van der Waals surface area contributed by atoms with Gasteiger partial charge in [-0.05, 0) is 30.5 Å². The fourth-order valence-corrected chi connectivity index (χ4v) is 3.81. The van der Waals surface area contributed by atoms with Gasteiger partial charge in [0.15, 0.2) is 0 Å². The molecule has 1 unspecified atom stereocenters. The number of hydrogen-bond acceptors (Lipinski definition) is 4. The van der Waals surface area contributed by atoms with Crippen LogP contribution in [0.5, 0.6) is 0 Å². The van der Waals surface area contributed by atoms with E-state index in [1.165, 1.54) is 0 Å². The summed E-state index contributed by atoms with van der Waals surface area (Å²) >= 11 is 0. The van der Waals surface area contributed by atoms with E-state index in [9.17, 15) is 13.2 Å². The van der Waals surface area contributed by atoms with Crippen LogP contribution in [0.4, 0.5) is 0 Å². The first-order valence-electron chi connectivity index (χ1n) is 7.72. The number of carbonyl (C=O) groups is 1. The number of aryl methyl sites for hydroxylation is 1. The summed E-state index contributed by atoms with van der Waals surface area (Å²) in [4.78, 5) is 14.7. The number of sulfonamides is 1. The van der Waals surface area contributed by atoms with Gasteiger partial charge in [0.05, 0.1) is 18.0 Å². The van der Waals surface area contributed by atoms with Crippen molar-refractivity contribution in [3.63, 3.8) is 0 Å². The SMILES string of the molecule is Cn1cc(C2CCCN2C(=O)c2cccc(CS(N)(=O)=O)c2)cn1. The van der Waals surface area contributed by atoms with E-state index in [0.29, 0.717) is 17.7 Å². The minimum atomic E-state index is -3.63. The van der Waals surface area contributed by atoms with Crippen molar-refractivity contribution in [3.05, 3.63) is 53.3 Å². The quantitative estimate of drug-likeness (QED) is 0.897. The lowest BCUT2D eigenvalue weighted by atomic mass is 10.1. The summed E-state index contributed by atoms with van der Waals surface area (Å²) in [6, 6.07) is 6.65. The molecular formula is C16H20N4O3S. The van der Waals surface area contributed by atoms with E-state index >= 15 is 0 Å². The molecule has 0 aliphatic carbocycles. The van der Waals surface area contributed by atoms with Crippen LogP contribution >= 0.6 is 0 Å². The van der Waals surface area contributed by atoms with Crippen LogP contribution in [-0.2, 0) is 22.8 Å². The van der Waals surface area contributed by atoms with Crippen LogP contribution in [0.25, 0.3) is 0 Å². The fourth-order valence-electron chi connectivity index (χ4n) is 3.16. The van der Waals surface area contributed by atoms with Crippen molar-refractivity contribution < 1.29 is 13.2 Å². The molecule has 128 valence electrons. The smallest absolute Gasteiger partial charge is 0.254 e. The van der Waals surface area contributed by atoms with E-state index in [1.807, 2.05) is 18.1 Å². The highest BCUT2D eigenvalue weighted by Gasteiger charge is 2.31. The molecule has 1 amide bonds. The molecule has 2 heterocycles. The third-order valence-electron chi connectivity index (χ3n) is 4.17. The molecule has 1 aromatic heterocycles. The average Bonchev–Trinajstić information content (AvgIpc) is 3.13. The highest BCUT2D eigenvalue weighted by molar-refractivity contribution is 7.88. The molecule has 0 radical (unpaired) electrons. The molecule has 1 saturated heterocycles. The molecule has 0 spiro atoms. The van der Waals surface area contributed by atoms with Crippen molar-refractivity contribution in [2.45, 2.75) is 24.6 Å². The lowest BCUT2D eigenvalue weighted by Crippen LogP contribution is -2.30. The number of nitrogens with two attached hydrogens (primary N) is 1. The molecule has 1 fully saturated rings. The van der Waals surface area contributed by atoms with Crippen molar-refractivity contribution in [1.82, 2.24) is 14.7 Å². The van der Waals surface area contributed by atoms with Gasteiger partial charge in [0.25, 0.3) is 5.91 Å². The predicted molar refractivity (Wildman–Crippen MR) is 89.5 cm³/mol. The van der Waals surface area contributed by atoms with Crippen LogP contribution in [0.2, 0.25) is 0 Å². The minimum Gasteiger partial charge on any atom is -0.331 e. The van der Waals surface area contributed by atoms with Gasteiger partial charge in [-0.2, -0.15) is 5.10 Å². The zero-order chi connectivity index (χ0) is 17.3. The highest BCUT2D eigenvalue weighted by atomic mass is 32.2. The van der Waals surface area contributed by atoms with Gasteiger partial charge in [0.2, 0.25) is 10.0 Å². The predicted octanol–water partition coefficient (Wildman–Crippen LogP) is 1.19. The van der Waals surface area contributed by atoms with Crippen molar-refractivity contribution >= 4 is 15.9 Å². The van der Waals surface area contributed by atoms with Crippen LogP contribution in [-0.4, -0.2) is 35.6 Å². The molecule has 1 atom stereocenters. The summed E-state index contributed by atoms with van der Waals surface area (Å²) in [5, 5.41) is 9.26. The van der Waals surface area contributed by atoms with Crippen molar-refractivity contribution in [2.75, 3.05) is 6.54 Å². The van der Waals surface area contributed by atoms with Crippen LogP contribution in [0, 0.1) is 0 Å². The Kier molecular flexibility index (Phi) is 4.42. The van der Waals surface area contributed by atoms with E-state index in [0.717, 1.165) is 18.4 Å². The monoisotopic (exact) mass is 348 g/mol. The second-order valence-electron chi connectivity index (χ2n) is 6.11. The topological polar surface area (TPSA) is 98.3 Å². The van der Waals surface area contributed by atoms with Gasteiger partial charge in [-0.1, -0.05) is 12.1 Å². The maximum absolute atomic E-state index is 12.9. The number of rotatable bonds is 4. The molecule has 0 saturated carbocycles. The second kappa shape index (κ2) is 6.37. The Balaban J connectivity index is 1.84. The molecule has 3 rings (SSSR count). The van der Waals surface area contributed by atoms with Crippen molar-refractivity contribution in [2.24, 2.45) is 12.2 Å². The molecule has 0 bridgehead atoms. The van der Waals surface area contributed by atoms with Gasteiger partial charge < -0.3 is 4.90 Å². The molecule has 8 heteroatoms. The summed E-state index contributed by atoms with van der Waals surface area (Å²) in [5.41, 5.74) is 2.01. The number of likely N-dealkylation sites (tertiary alicyclic amines) is 1. The zero-order valence-electron chi connectivity index (χ0n) is 13.4. The first-order valence-corrected chi connectivity index (χ1v) is 9.44. The Bertz CT molecular complexity index is 860. The van der Waals surface area contributed by atoms with E-state index in [1.54, 1.807) is 35.1 Å². The summed E-state index contributed by atoms with van der Waals surface area (Å²) in [7, 11) is -1.78. The lowest BCUT2D eigenvalue weighted by molar-refractivity contribution is 0.0735. The third kappa shape index (κ3) is 3.65. The number of hydrogen-bond donors (Lipinski definition) is 1. The molecular weight excluding hydrogens is 328 g/mol. The number of amides is 1. The number of nitrogens with zero attached hydrogens (tertiary/aromatic N) is 3. The summed E-state index contributed by atoms with van der Waals surface area (Å²) in [6.07, 6.45) is 5.54. The third-order valence-corrected chi connectivity index (χ3v) is 4.90. The maximum Gasteiger partial charge on any atom is 0.254 e. The number of carbonyl (C=O) groups excluding carboxylic acids is 1. The molecule has 1 aromatic carbocycles. The van der Waals surface area contributed by atoms with E-state index in [2.05, 4.69) is 5.10 Å². The van der Waals surface area contributed by atoms with Gasteiger partial charge >= 0.3 is 0 Å². The Morgan fingerprint density at radius 3 is 2.88 bits per heavy atom. The van der Waals surface area contributed by atoms with Gasteiger partial charge in [0, 0.05) is 30.9 Å². The minimum absolute atomic E-state index is 0.00750. The van der Waals surface area contributed by atoms with Gasteiger partial charge in [0.1, 0.15) is 0 Å². The second-order valence-corrected chi connectivity index (χ2v) is 7.73. The molecule has 7 nitrogen and oxygen atoms in total. The number of aromatic nitrogens is 2. The van der Waals surface area contributed by atoms with Crippen molar-refractivity contribution in [1.29, 1.82) is 0 Å². The van der Waals surface area contributed by atoms with Gasteiger partial charge in [-0.3, -0.25) is 9.48 Å². The number of benzene rings is 1. The largest absolute Gasteiger partial charge is 0.331 e. The summed E-state index contributed by atoms with van der Waals surface area (Å²) in [5.74, 6) is -0.377. The molecule has 24 heavy (non-hydrogen) atoms. The zero-order valence-corrected chi connectivity index (χ0v) is 14.2. The van der Waals surface area contributed by atoms with Gasteiger partial charge in [-0.25, -0.2) is 13.6 Å². The summed E-state index contributed by atoms with van der Waals surface area (Å²) in [6.45, 7) is 0.678. The molecule has 2 aromatic rings. The normalized spacial score (nSPS) is 18.1. The standard InChI is InChI=1S/C16H20N4O3S/c1-19-10-14(9-18-19)15-6-3-7-20(15)16(21)13-5-2-4-12(8-13)11-24(17,22)23/h2,4-5,8-10,15H,3,6-7,11H2,1H3,(H2,17,22,23). The Labute approximate surface area is 141 Å².